The second-order valence-electron chi connectivity index (χ2n) is 6.36. The molecule has 0 aliphatic heterocycles. The van der Waals surface area contributed by atoms with Crippen molar-refractivity contribution in [1.82, 2.24) is 0 Å². The summed E-state index contributed by atoms with van der Waals surface area (Å²) in [6.07, 6.45) is 1.80. The van der Waals surface area contributed by atoms with Gasteiger partial charge in [-0.25, -0.2) is 0 Å². The summed E-state index contributed by atoms with van der Waals surface area (Å²) in [6, 6.07) is 21.2. The lowest BCUT2D eigenvalue weighted by Crippen LogP contribution is -2.01. The largest absolute Gasteiger partial charge is 0.490 e. The van der Waals surface area contributed by atoms with E-state index in [9.17, 15) is 5.26 Å². The Morgan fingerprint density at radius 1 is 1.07 bits per heavy atom. The van der Waals surface area contributed by atoms with E-state index in [1.165, 1.54) is 0 Å². The number of hydrogen-bond acceptors (Lipinski definition) is 3. The van der Waals surface area contributed by atoms with Crippen LogP contribution in [0.4, 0.5) is 0 Å². The van der Waals surface area contributed by atoms with Crippen molar-refractivity contribution in [3.63, 3.8) is 0 Å². The number of allylic oxidation sites excluding steroid dienone is 1. The van der Waals surface area contributed by atoms with Gasteiger partial charge in [0.25, 0.3) is 0 Å². The van der Waals surface area contributed by atoms with Gasteiger partial charge in [0.2, 0.25) is 0 Å². The minimum absolute atomic E-state index is 0.410. The lowest BCUT2D eigenvalue weighted by Gasteiger charge is -2.15. The van der Waals surface area contributed by atoms with E-state index in [-0.39, 0.29) is 0 Å². The molecule has 0 unspecified atom stereocenters. The van der Waals surface area contributed by atoms with Gasteiger partial charge in [-0.15, -0.1) is 0 Å². The van der Waals surface area contributed by atoms with Gasteiger partial charge < -0.3 is 9.47 Å². The monoisotopic (exact) mass is 545 g/mol. The number of nitriles is 1. The highest BCUT2D eigenvalue weighted by molar-refractivity contribution is 9.10. The molecule has 3 aromatic carbocycles. The lowest BCUT2D eigenvalue weighted by molar-refractivity contribution is 0.267. The molecule has 0 atom stereocenters. The first-order valence-electron chi connectivity index (χ1n) is 9.21. The molecule has 0 aromatic heterocycles. The summed E-state index contributed by atoms with van der Waals surface area (Å²) in [5, 5.41) is 10.2. The van der Waals surface area contributed by atoms with Crippen LogP contribution in [0.25, 0.3) is 11.6 Å². The number of halogens is 3. The van der Waals surface area contributed by atoms with Crippen LogP contribution in [0.15, 0.2) is 69.6 Å². The van der Waals surface area contributed by atoms with Crippen LogP contribution in [0, 0.1) is 11.3 Å². The average molecular weight is 548 g/mol. The number of benzene rings is 3. The molecule has 0 spiro atoms. The third-order valence-electron chi connectivity index (χ3n) is 4.20. The van der Waals surface area contributed by atoms with Gasteiger partial charge in [0.1, 0.15) is 6.61 Å². The molecule has 0 bridgehead atoms. The third kappa shape index (κ3) is 5.89. The SMILES string of the molecule is CCOc1cc(/C=C(/C#N)c2cccc(Cl)c2)cc(Br)c1OCc1ccc(Br)cc1. The van der Waals surface area contributed by atoms with Gasteiger partial charge in [0.15, 0.2) is 11.5 Å². The Balaban J connectivity index is 1.92. The molecule has 3 nitrogen and oxygen atoms in total. The predicted molar refractivity (Wildman–Crippen MR) is 129 cm³/mol. The normalized spacial score (nSPS) is 11.1. The standard InChI is InChI=1S/C24H18Br2ClNO2/c1-2-29-23-12-17(10-19(14-28)18-4-3-5-21(27)13-18)11-22(26)24(23)30-15-16-6-8-20(25)9-7-16/h3-13H,2,15H2,1H3/b19-10-. The highest BCUT2D eigenvalue weighted by atomic mass is 79.9. The molecule has 3 rings (SSSR count). The number of hydrogen-bond donors (Lipinski definition) is 0. The predicted octanol–water partition coefficient (Wildman–Crippen LogP) is 7.91. The van der Waals surface area contributed by atoms with Gasteiger partial charge in [-0.1, -0.05) is 51.8 Å². The van der Waals surface area contributed by atoms with Gasteiger partial charge in [-0.3, -0.25) is 0 Å². The summed E-state index contributed by atoms with van der Waals surface area (Å²) in [4.78, 5) is 0. The number of nitrogens with zero attached hydrogens (tertiary/aromatic N) is 1. The Kier molecular flexibility index (Phi) is 7.98. The molecule has 0 saturated heterocycles. The smallest absolute Gasteiger partial charge is 0.175 e. The maximum atomic E-state index is 9.63. The fourth-order valence-corrected chi connectivity index (χ4v) is 3.84. The Morgan fingerprint density at radius 3 is 2.50 bits per heavy atom. The van der Waals surface area contributed by atoms with Crippen molar-refractivity contribution in [2.75, 3.05) is 6.61 Å². The molecule has 0 heterocycles. The molecular weight excluding hydrogens is 530 g/mol. The molecule has 0 radical (unpaired) electrons. The van der Waals surface area contributed by atoms with Gasteiger partial charge in [-0.05, 0) is 82.0 Å². The molecule has 3 aromatic rings. The van der Waals surface area contributed by atoms with Crippen LogP contribution < -0.4 is 9.47 Å². The van der Waals surface area contributed by atoms with E-state index in [4.69, 9.17) is 21.1 Å². The Labute approximate surface area is 198 Å². The Morgan fingerprint density at radius 2 is 1.83 bits per heavy atom. The van der Waals surface area contributed by atoms with E-state index in [2.05, 4.69) is 37.9 Å². The zero-order valence-electron chi connectivity index (χ0n) is 16.2. The maximum Gasteiger partial charge on any atom is 0.175 e. The van der Waals surface area contributed by atoms with Gasteiger partial charge in [0.05, 0.1) is 22.7 Å². The molecule has 0 N–H and O–H groups in total. The molecule has 30 heavy (non-hydrogen) atoms. The van der Waals surface area contributed by atoms with Crippen molar-refractivity contribution < 1.29 is 9.47 Å². The summed E-state index contributed by atoms with van der Waals surface area (Å²) in [5.74, 6) is 1.23. The van der Waals surface area contributed by atoms with Crippen molar-refractivity contribution in [3.8, 4) is 17.6 Å². The quantitative estimate of drug-likeness (QED) is 0.223. The van der Waals surface area contributed by atoms with Crippen LogP contribution in [0.1, 0.15) is 23.6 Å². The lowest BCUT2D eigenvalue weighted by atomic mass is 10.0. The maximum absolute atomic E-state index is 9.63. The van der Waals surface area contributed by atoms with E-state index in [1.54, 1.807) is 18.2 Å². The van der Waals surface area contributed by atoms with E-state index in [0.717, 1.165) is 25.6 Å². The van der Waals surface area contributed by atoms with Gasteiger partial charge >= 0.3 is 0 Å². The summed E-state index contributed by atoms with van der Waals surface area (Å²) in [7, 11) is 0. The Hall–Kier alpha value is -2.26. The van der Waals surface area contributed by atoms with Crippen LogP contribution >= 0.6 is 43.5 Å². The molecule has 0 aliphatic rings. The van der Waals surface area contributed by atoms with Crippen LogP contribution in [-0.2, 0) is 6.61 Å². The zero-order valence-corrected chi connectivity index (χ0v) is 20.1. The summed E-state index contributed by atoms with van der Waals surface area (Å²) < 4.78 is 13.6. The fraction of sp³-hybridized carbons (Fsp3) is 0.125. The first-order chi connectivity index (χ1) is 14.5. The second-order valence-corrected chi connectivity index (χ2v) is 8.56. The van der Waals surface area contributed by atoms with E-state index in [0.29, 0.717) is 35.3 Å². The highest BCUT2D eigenvalue weighted by Gasteiger charge is 2.13. The first-order valence-corrected chi connectivity index (χ1v) is 11.2. The van der Waals surface area contributed by atoms with Crippen LogP contribution in [-0.4, -0.2) is 6.61 Å². The molecule has 152 valence electrons. The highest BCUT2D eigenvalue weighted by Crippen LogP contribution is 2.38. The van der Waals surface area contributed by atoms with Crippen LogP contribution in [0.5, 0.6) is 11.5 Å². The molecule has 0 fully saturated rings. The molecule has 0 amide bonds. The van der Waals surface area contributed by atoms with Crippen molar-refractivity contribution in [1.29, 1.82) is 5.26 Å². The van der Waals surface area contributed by atoms with E-state index < -0.39 is 0 Å². The molecular formula is C24H18Br2ClNO2. The van der Waals surface area contributed by atoms with Crippen LogP contribution in [0.2, 0.25) is 5.02 Å². The van der Waals surface area contributed by atoms with E-state index in [1.807, 2.05) is 55.5 Å². The van der Waals surface area contributed by atoms with Gasteiger partial charge in [-0.2, -0.15) is 5.26 Å². The first kappa shape index (κ1) is 22.4. The summed E-state index contributed by atoms with van der Waals surface area (Å²) in [6.45, 7) is 2.82. The summed E-state index contributed by atoms with van der Waals surface area (Å²) >= 11 is 13.1. The average Bonchev–Trinajstić information content (AvgIpc) is 2.73. The van der Waals surface area contributed by atoms with Crippen molar-refractivity contribution in [2.24, 2.45) is 0 Å². The Bertz CT molecular complexity index is 1110. The minimum atomic E-state index is 0.410. The van der Waals surface area contributed by atoms with E-state index >= 15 is 0 Å². The topological polar surface area (TPSA) is 42.2 Å². The third-order valence-corrected chi connectivity index (χ3v) is 5.55. The molecule has 0 aliphatic carbocycles. The fourth-order valence-electron chi connectivity index (χ4n) is 2.81. The van der Waals surface area contributed by atoms with Gasteiger partial charge in [0, 0.05) is 9.50 Å². The minimum Gasteiger partial charge on any atom is -0.490 e. The number of rotatable bonds is 7. The van der Waals surface area contributed by atoms with Crippen LogP contribution in [0.3, 0.4) is 0 Å². The van der Waals surface area contributed by atoms with Crippen molar-refractivity contribution in [3.05, 3.63) is 91.3 Å². The number of ether oxygens (including phenoxy) is 2. The van der Waals surface area contributed by atoms with Crippen molar-refractivity contribution in [2.45, 2.75) is 13.5 Å². The second kappa shape index (κ2) is 10.7. The zero-order chi connectivity index (χ0) is 21.5. The van der Waals surface area contributed by atoms with Crippen molar-refractivity contribution >= 4 is 55.1 Å². The summed E-state index contributed by atoms with van der Waals surface area (Å²) in [5.41, 5.74) is 3.13. The molecule has 0 saturated carbocycles. The molecule has 6 heteroatoms.